The lowest BCUT2D eigenvalue weighted by atomic mass is 10.0. The number of likely N-dealkylation sites (tertiary alicyclic amines) is 2. The predicted octanol–water partition coefficient (Wildman–Crippen LogP) is -3.36. The second-order valence-electron chi connectivity index (χ2n) is 18.2. The van der Waals surface area contributed by atoms with Gasteiger partial charge in [0.25, 0.3) is 0 Å². The Labute approximate surface area is 422 Å². The number of nitrogens with two attached hydrogens (primary N) is 2. The average Bonchev–Trinajstić information content (AvgIpc) is 4.19. The summed E-state index contributed by atoms with van der Waals surface area (Å²) in [5.41, 5.74) is 12.6. The van der Waals surface area contributed by atoms with Crippen molar-refractivity contribution in [3.05, 3.63) is 36.4 Å². The number of thiol groups is 2. The van der Waals surface area contributed by atoms with Crippen LogP contribution in [0.3, 0.4) is 0 Å². The molecule has 27 heteroatoms. The van der Waals surface area contributed by atoms with Crippen LogP contribution in [0.2, 0.25) is 0 Å². The SMILES string of the molecule is CC(C)C[C@H](NC(=O)[C@H](Cc1cnc[nH]1)NC(=O)[C@@H](NC(=O)[C@H](CCCCN)NC(=O)[C@H](Cc1cnc[nH]1)NC(=O)[C@@H]1CCCN1C(=O)[C@@H](N)CS)[C@@H](C)O)C(=O)N1CCC[C@H]1C(=O)N[C@@H](CS)C(=O)O. The Kier molecular flexibility index (Phi) is 23.1. The van der Waals surface area contributed by atoms with Gasteiger partial charge in [-0.15, -0.1) is 0 Å². The summed E-state index contributed by atoms with van der Waals surface area (Å²) in [6.07, 6.45) is 6.22. The first-order chi connectivity index (χ1) is 33.8. The fourth-order valence-corrected chi connectivity index (χ4v) is 8.79. The Morgan fingerprint density at radius 2 is 1.18 bits per heavy atom. The number of hydrogen-bond donors (Lipinski definition) is 14. The largest absolute Gasteiger partial charge is 0.480 e. The molecule has 0 aliphatic carbocycles. The number of aromatic amines is 2. The lowest BCUT2D eigenvalue weighted by Gasteiger charge is -2.31. The third kappa shape index (κ3) is 16.9. The number of H-pyrrole nitrogens is 2. The van der Waals surface area contributed by atoms with E-state index in [1.807, 2.05) is 13.8 Å². The minimum Gasteiger partial charge on any atom is -0.480 e. The van der Waals surface area contributed by atoms with Crippen LogP contribution in [-0.2, 0) is 56.0 Å². The van der Waals surface area contributed by atoms with Crippen LogP contribution in [0.5, 0.6) is 0 Å². The summed E-state index contributed by atoms with van der Waals surface area (Å²) in [5, 5.41) is 36.1. The van der Waals surface area contributed by atoms with Crippen molar-refractivity contribution in [3.8, 4) is 0 Å². The lowest BCUT2D eigenvalue weighted by molar-refractivity contribution is -0.144. The number of hydrogen-bond acceptors (Lipinski definition) is 16. The normalized spacial score (nSPS) is 19.1. The van der Waals surface area contributed by atoms with Crippen LogP contribution in [0.25, 0.3) is 0 Å². The summed E-state index contributed by atoms with van der Waals surface area (Å²) in [5.74, 6) is -7.42. The minimum atomic E-state index is -1.70. The van der Waals surface area contributed by atoms with Crippen molar-refractivity contribution >= 4 is 78.5 Å². The van der Waals surface area contributed by atoms with Crippen molar-refractivity contribution in [1.29, 1.82) is 0 Å². The number of aliphatic hydroxyl groups is 1. The summed E-state index contributed by atoms with van der Waals surface area (Å²) in [7, 11) is 0. The average molecular weight is 1040 g/mol. The molecule has 14 N–H and O–H groups in total. The number of amides is 8. The van der Waals surface area contributed by atoms with E-state index in [0.717, 1.165) is 0 Å². The third-order valence-electron chi connectivity index (χ3n) is 12.2. The van der Waals surface area contributed by atoms with Gasteiger partial charge in [0.15, 0.2) is 0 Å². The van der Waals surface area contributed by atoms with Gasteiger partial charge in [-0.2, -0.15) is 25.3 Å². The molecule has 4 rings (SSSR count). The second-order valence-corrected chi connectivity index (χ2v) is 18.9. The van der Waals surface area contributed by atoms with E-state index >= 15 is 0 Å². The van der Waals surface area contributed by atoms with Crippen molar-refractivity contribution < 1.29 is 53.4 Å². The van der Waals surface area contributed by atoms with Crippen LogP contribution < -0.4 is 43.4 Å². The molecule has 2 fully saturated rings. The van der Waals surface area contributed by atoms with Gasteiger partial charge in [-0.25, -0.2) is 14.8 Å². The number of aliphatic hydroxyl groups excluding tert-OH is 1. The number of unbranched alkanes of at least 4 members (excludes halogenated alkanes) is 1. The van der Waals surface area contributed by atoms with E-state index in [1.165, 1.54) is 41.8 Å². The van der Waals surface area contributed by atoms with Gasteiger partial charge in [-0.1, -0.05) is 13.8 Å². The van der Waals surface area contributed by atoms with Crippen LogP contribution in [0.15, 0.2) is 25.0 Å². The molecule has 0 bridgehead atoms. The molecule has 0 saturated carbocycles. The molecule has 2 aromatic rings. The molecular formula is C44H70N14O11S2. The maximum Gasteiger partial charge on any atom is 0.327 e. The summed E-state index contributed by atoms with van der Waals surface area (Å²) in [6, 6.07) is -11.1. The van der Waals surface area contributed by atoms with E-state index in [2.05, 4.69) is 77.1 Å². The first kappa shape index (κ1) is 57.8. The Morgan fingerprint density at radius 1 is 0.690 bits per heavy atom. The number of rotatable bonds is 28. The molecule has 8 amide bonds. The van der Waals surface area contributed by atoms with Crippen molar-refractivity contribution in [2.75, 3.05) is 31.1 Å². The number of aromatic nitrogens is 4. The van der Waals surface area contributed by atoms with E-state index in [9.17, 15) is 53.4 Å². The molecule has 2 aliphatic heterocycles. The molecule has 2 aromatic heterocycles. The second kappa shape index (κ2) is 28.3. The summed E-state index contributed by atoms with van der Waals surface area (Å²) >= 11 is 8.12. The zero-order valence-corrected chi connectivity index (χ0v) is 42.0. The summed E-state index contributed by atoms with van der Waals surface area (Å²) in [6.45, 7) is 5.57. The summed E-state index contributed by atoms with van der Waals surface area (Å²) < 4.78 is 0. The third-order valence-corrected chi connectivity index (χ3v) is 12.9. The van der Waals surface area contributed by atoms with E-state index in [-0.39, 0.29) is 69.2 Å². The van der Waals surface area contributed by atoms with Gasteiger partial charge in [-0.3, -0.25) is 38.4 Å². The van der Waals surface area contributed by atoms with Gasteiger partial charge in [0.2, 0.25) is 47.3 Å². The van der Waals surface area contributed by atoms with Crippen LogP contribution >= 0.6 is 25.3 Å². The van der Waals surface area contributed by atoms with Crippen LogP contribution in [0.4, 0.5) is 0 Å². The highest BCUT2D eigenvalue weighted by Gasteiger charge is 2.41. The summed E-state index contributed by atoms with van der Waals surface area (Å²) in [4.78, 5) is 139. The van der Waals surface area contributed by atoms with Crippen molar-refractivity contribution in [3.63, 3.8) is 0 Å². The smallest absolute Gasteiger partial charge is 0.327 e. The minimum absolute atomic E-state index is 0.0190. The van der Waals surface area contributed by atoms with Gasteiger partial charge in [0, 0.05) is 61.2 Å². The number of nitrogens with zero attached hydrogens (tertiary/aromatic N) is 4. The number of nitrogens with one attached hydrogen (secondary N) is 8. The zero-order valence-electron chi connectivity index (χ0n) is 40.2. The monoisotopic (exact) mass is 1030 g/mol. The quantitative estimate of drug-likeness (QED) is 0.0292. The molecular weight excluding hydrogens is 965 g/mol. The number of carboxylic acid groups (broad SMARTS) is 1. The Hall–Kier alpha value is -5.77. The fourth-order valence-electron chi connectivity index (χ4n) is 8.39. The maximum atomic E-state index is 14.3. The van der Waals surface area contributed by atoms with E-state index in [1.54, 1.807) is 0 Å². The Bertz CT molecular complexity index is 2120. The van der Waals surface area contributed by atoms with Crippen molar-refractivity contribution in [2.45, 2.75) is 145 Å². The maximum absolute atomic E-state index is 14.3. The number of carbonyl (C=O) groups excluding carboxylic acids is 8. The molecule has 10 atom stereocenters. The number of imidazole rings is 2. The molecule has 394 valence electrons. The standard InChI is InChI=1S/C44H70N14O11S2/c1-23(2)14-31(43(67)58-13-7-10-34(58)40(64)55-32(20-71)44(68)69)54-38(62)30(16-26-18-48-22-50-26)53-41(65)35(24(3)59)56-36(60)28(8-4-5-11-45)51-37(61)29(15-25-17-47-21-49-25)52-39(63)33-9-6-12-57(33)42(66)27(46)19-70/h17-18,21-24,27-35,59,70-71H,4-16,19-20,45-46H2,1-3H3,(H,47,49)(H,48,50)(H,51,61)(H,52,63)(H,53,65)(H,54,62)(H,55,64)(H,56,60)(H,68,69)/t24-,27+,28+,29+,30+,31+,32+,33+,34+,35+/m1/s1. The van der Waals surface area contributed by atoms with Gasteiger partial charge < -0.3 is 73.3 Å². The molecule has 0 radical (unpaired) electrons. The van der Waals surface area contributed by atoms with Gasteiger partial charge in [-0.05, 0) is 70.8 Å². The molecule has 4 heterocycles. The number of aliphatic carboxylic acids is 1. The first-order valence-electron chi connectivity index (χ1n) is 23.8. The van der Waals surface area contributed by atoms with Crippen molar-refractivity contribution in [2.24, 2.45) is 17.4 Å². The fraction of sp³-hybridized carbons (Fsp3) is 0.659. The van der Waals surface area contributed by atoms with E-state index in [4.69, 9.17) is 11.5 Å². The van der Waals surface area contributed by atoms with E-state index in [0.29, 0.717) is 43.5 Å². The molecule has 2 saturated heterocycles. The highest BCUT2D eigenvalue weighted by Crippen LogP contribution is 2.22. The van der Waals surface area contributed by atoms with Gasteiger partial charge >= 0.3 is 5.97 Å². The topological polar surface area (TPSA) is 382 Å². The number of carbonyl (C=O) groups is 9. The molecule has 71 heavy (non-hydrogen) atoms. The number of carboxylic acids is 1. The molecule has 0 unspecified atom stereocenters. The van der Waals surface area contributed by atoms with E-state index < -0.39 is 114 Å². The molecule has 2 aliphatic rings. The van der Waals surface area contributed by atoms with Gasteiger partial charge in [0.1, 0.15) is 48.3 Å². The molecule has 0 spiro atoms. The lowest BCUT2D eigenvalue weighted by Crippen LogP contribution is -2.62. The van der Waals surface area contributed by atoms with Crippen LogP contribution in [0, 0.1) is 5.92 Å². The Balaban J connectivity index is 1.54. The van der Waals surface area contributed by atoms with Crippen molar-refractivity contribution in [1.82, 2.24) is 61.6 Å². The Morgan fingerprint density at radius 3 is 1.65 bits per heavy atom. The highest BCUT2D eigenvalue weighted by molar-refractivity contribution is 7.80. The van der Waals surface area contributed by atoms with Gasteiger partial charge in [0.05, 0.1) is 24.8 Å². The highest BCUT2D eigenvalue weighted by atomic mass is 32.1. The molecule has 0 aromatic carbocycles. The predicted molar refractivity (Wildman–Crippen MR) is 263 cm³/mol. The first-order valence-corrected chi connectivity index (χ1v) is 25.0. The zero-order chi connectivity index (χ0) is 52.4. The van der Waals surface area contributed by atoms with Crippen LogP contribution in [-0.4, -0.2) is 185 Å². The molecule has 25 nitrogen and oxygen atoms in total. The van der Waals surface area contributed by atoms with Crippen LogP contribution in [0.1, 0.15) is 83.5 Å².